The van der Waals surface area contributed by atoms with Crippen molar-refractivity contribution in [3.05, 3.63) is 90.1 Å². The monoisotopic (exact) mass is 571 g/mol. The zero-order valence-electron chi connectivity index (χ0n) is 23.7. The van der Waals surface area contributed by atoms with Crippen molar-refractivity contribution < 1.29 is 13.2 Å². The molecule has 0 amide bonds. The Kier molecular flexibility index (Phi) is 7.80. The number of hydrogen-bond donors (Lipinski definition) is 2. The topological polar surface area (TPSA) is 114 Å². The lowest BCUT2D eigenvalue weighted by Crippen LogP contribution is -2.12. The van der Waals surface area contributed by atoms with Crippen LogP contribution < -0.4 is 20.3 Å². The third kappa shape index (κ3) is 6.25. The minimum absolute atomic E-state index is 0.433. The van der Waals surface area contributed by atoms with Gasteiger partial charge in [-0.25, -0.2) is 18.4 Å². The average molecular weight is 572 g/mol. The molecule has 0 aliphatic rings. The Morgan fingerprint density at radius 3 is 2.41 bits per heavy atom. The molecule has 2 N–H and O–H groups in total. The molecule has 11 heteroatoms. The predicted octanol–water partition coefficient (Wildman–Crippen LogP) is 5.60. The van der Waals surface area contributed by atoms with Gasteiger partial charge in [-0.05, 0) is 66.6 Å². The zero-order valence-corrected chi connectivity index (χ0v) is 24.5. The second-order valence-corrected chi connectivity index (χ2v) is 12.3. The molecule has 10 nitrogen and oxygen atoms in total. The Hall–Kier alpha value is -4.64. The molecular formula is C30H33N7O3S. The smallest absolute Gasteiger partial charge is 0.229 e. The summed E-state index contributed by atoms with van der Waals surface area (Å²) in [7, 11) is 2.43. The number of aryl methyl sites for hydroxylation is 1. The van der Waals surface area contributed by atoms with Crippen molar-refractivity contribution in [3.8, 4) is 5.75 Å². The number of rotatable bonds is 10. The second-order valence-electron chi connectivity index (χ2n) is 9.89. The largest absolute Gasteiger partial charge is 0.497 e. The molecule has 41 heavy (non-hydrogen) atoms. The van der Waals surface area contributed by atoms with Crippen molar-refractivity contribution in [3.63, 3.8) is 0 Å². The van der Waals surface area contributed by atoms with E-state index in [4.69, 9.17) is 9.72 Å². The molecule has 0 spiro atoms. The quantitative estimate of drug-likeness (QED) is 0.221. The Morgan fingerprint density at radius 2 is 1.73 bits per heavy atom. The van der Waals surface area contributed by atoms with Gasteiger partial charge < -0.3 is 24.8 Å². The summed E-state index contributed by atoms with van der Waals surface area (Å²) in [6.45, 7) is 2.33. The summed E-state index contributed by atoms with van der Waals surface area (Å²) < 4.78 is 31.0. The van der Waals surface area contributed by atoms with E-state index < -0.39 is 15.1 Å². The maximum atomic E-state index is 11.9. The summed E-state index contributed by atoms with van der Waals surface area (Å²) >= 11 is 0. The lowest BCUT2D eigenvalue weighted by molar-refractivity contribution is 0.414. The van der Waals surface area contributed by atoms with Gasteiger partial charge in [-0.2, -0.15) is 4.98 Å². The van der Waals surface area contributed by atoms with Crippen LogP contribution >= 0.6 is 0 Å². The van der Waals surface area contributed by atoms with Crippen molar-refractivity contribution in [1.29, 1.82) is 0 Å². The summed E-state index contributed by atoms with van der Waals surface area (Å²) in [5.74, 6) is 2.75. The van der Waals surface area contributed by atoms with Crippen molar-refractivity contribution in [2.24, 2.45) is 7.05 Å². The lowest BCUT2D eigenvalue weighted by Gasteiger charge is -2.19. The fourth-order valence-corrected chi connectivity index (χ4v) is 5.07. The van der Waals surface area contributed by atoms with E-state index in [0.29, 0.717) is 18.3 Å². The lowest BCUT2D eigenvalue weighted by atomic mass is 10.1. The van der Waals surface area contributed by atoms with Gasteiger partial charge in [0.15, 0.2) is 9.84 Å². The number of ether oxygens (including phenoxy) is 1. The van der Waals surface area contributed by atoms with Crippen LogP contribution in [0.1, 0.15) is 23.3 Å². The third-order valence-electron chi connectivity index (χ3n) is 7.12. The van der Waals surface area contributed by atoms with Crippen molar-refractivity contribution in [2.45, 2.75) is 18.7 Å². The molecule has 1 atom stereocenters. The Bertz CT molecular complexity index is 1770. The van der Waals surface area contributed by atoms with E-state index in [1.165, 1.54) is 6.26 Å². The van der Waals surface area contributed by atoms with Crippen molar-refractivity contribution >= 4 is 50.0 Å². The number of sulfone groups is 1. The number of benzene rings is 3. The molecule has 0 saturated heterocycles. The highest BCUT2D eigenvalue weighted by atomic mass is 32.2. The summed E-state index contributed by atoms with van der Waals surface area (Å²) in [6, 6.07) is 23.1. The Labute approximate surface area is 240 Å². The molecule has 5 rings (SSSR count). The zero-order chi connectivity index (χ0) is 29.1. The number of imidazole rings is 1. The maximum absolute atomic E-state index is 11.9. The number of aromatic nitrogens is 4. The van der Waals surface area contributed by atoms with Gasteiger partial charge in [-0.3, -0.25) is 0 Å². The van der Waals surface area contributed by atoms with Crippen molar-refractivity contribution in [1.82, 2.24) is 19.5 Å². The summed E-state index contributed by atoms with van der Waals surface area (Å²) in [5.41, 5.74) is 5.44. The van der Waals surface area contributed by atoms with Crippen LogP contribution in [0.3, 0.4) is 0 Å². The van der Waals surface area contributed by atoms with Crippen LogP contribution in [-0.4, -0.2) is 48.4 Å². The molecule has 0 radical (unpaired) electrons. The summed E-state index contributed by atoms with van der Waals surface area (Å²) in [6.07, 6.45) is 2.94. The summed E-state index contributed by atoms with van der Waals surface area (Å²) in [5, 5.41) is 6.06. The van der Waals surface area contributed by atoms with E-state index in [1.807, 2.05) is 84.2 Å². The highest BCUT2D eigenvalue weighted by Gasteiger charge is 2.17. The molecule has 2 aromatic heterocycles. The minimum Gasteiger partial charge on any atom is -0.497 e. The van der Waals surface area contributed by atoms with Gasteiger partial charge in [0.05, 0.1) is 23.4 Å². The second kappa shape index (κ2) is 11.5. The van der Waals surface area contributed by atoms with Crippen LogP contribution in [0.4, 0.5) is 29.1 Å². The van der Waals surface area contributed by atoms with E-state index in [-0.39, 0.29) is 0 Å². The van der Waals surface area contributed by atoms with Gasteiger partial charge in [0, 0.05) is 44.5 Å². The van der Waals surface area contributed by atoms with Crippen LogP contribution in [0.25, 0.3) is 11.0 Å². The standard InChI is InChI=1S/C30H33N7O3S/c1-20(41(5,38)39)22-8-10-23(11-9-22)33-29-31-17-16-28(35-29)36(2)24-12-15-27-26(18-24)34-30(37(27)3)32-19-21-6-13-25(40-4)14-7-21/h6-18,20H,19H2,1-5H3,(H,32,34)(H,31,33,35). The first-order valence-electron chi connectivity index (χ1n) is 13.1. The first-order valence-corrected chi connectivity index (χ1v) is 15.0. The maximum Gasteiger partial charge on any atom is 0.229 e. The van der Waals surface area contributed by atoms with E-state index in [9.17, 15) is 8.42 Å². The van der Waals surface area contributed by atoms with Gasteiger partial charge in [0.1, 0.15) is 11.6 Å². The minimum atomic E-state index is -3.16. The predicted molar refractivity (Wildman–Crippen MR) is 164 cm³/mol. The number of hydrogen-bond acceptors (Lipinski definition) is 9. The molecule has 212 valence electrons. The molecule has 3 aromatic carbocycles. The van der Waals surface area contributed by atoms with E-state index >= 15 is 0 Å². The normalized spacial score (nSPS) is 12.2. The number of anilines is 5. The number of fused-ring (bicyclic) bond motifs is 1. The molecule has 0 aliphatic carbocycles. The number of nitrogens with zero attached hydrogens (tertiary/aromatic N) is 5. The number of nitrogens with one attached hydrogen (secondary N) is 2. The number of methoxy groups -OCH3 is 1. The summed E-state index contributed by atoms with van der Waals surface area (Å²) in [4.78, 5) is 15.8. The molecule has 5 aromatic rings. The Balaban J connectivity index is 1.30. The Morgan fingerprint density at radius 1 is 1.00 bits per heavy atom. The van der Waals surface area contributed by atoms with Crippen molar-refractivity contribution in [2.75, 3.05) is 35.9 Å². The van der Waals surface area contributed by atoms with Gasteiger partial charge in [0.25, 0.3) is 0 Å². The molecule has 0 bridgehead atoms. The van der Waals surface area contributed by atoms with Crippen LogP contribution in [0.2, 0.25) is 0 Å². The first kappa shape index (κ1) is 27.9. The van der Waals surface area contributed by atoms with Crippen LogP contribution in [0, 0.1) is 0 Å². The van der Waals surface area contributed by atoms with E-state index in [1.54, 1.807) is 32.4 Å². The average Bonchev–Trinajstić information content (AvgIpc) is 3.30. The van der Waals surface area contributed by atoms with Crippen LogP contribution in [0.5, 0.6) is 5.75 Å². The van der Waals surface area contributed by atoms with Gasteiger partial charge >= 0.3 is 0 Å². The molecule has 0 aliphatic heterocycles. The SMILES string of the molecule is COc1ccc(CNc2nc3cc(N(C)c4ccnc(Nc5ccc(C(C)S(C)(=O)=O)cc5)n4)ccc3n2C)cc1. The fourth-order valence-electron chi connectivity index (χ4n) is 4.42. The molecule has 2 heterocycles. The molecule has 1 unspecified atom stereocenters. The van der Waals surface area contributed by atoms with Crippen LogP contribution in [0.15, 0.2) is 79.0 Å². The van der Waals surface area contributed by atoms with E-state index in [2.05, 4.69) is 20.6 Å². The highest BCUT2D eigenvalue weighted by Crippen LogP contribution is 2.29. The van der Waals surface area contributed by atoms with E-state index in [0.717, 1.165) is 45.2 Å². The van der Waals surface area contributed by atoms with Gasteiger partial charge in [-0.1, -0.05) is 24.3 Å². The van der Waals surface area contributed by atoms with Crippen LogP contribution in [-0.2, 0) is 23.4 Å². The first-order chi connectivity index (χ1) is 19.6. The molecule has 0 saturated carbocycles. The van der Waals surface area contributed by atoms with Gasteiger partial charge in [-0.15, -0.1) is 0 Å². The third-order valence-corrected chi connectivity index (χ3v) is 8.68. The molecule has 0 fully saturated rings. The fraction of sp³-hybridized carbons (Fsp3) is 0.233. The molecular weight excluding hydrogens is 538 g/mol. The highest BCUT2D eigenvalue weighted by molar-refractivity contribution is 7.90. The van der Waals surface area contributed by atoms with Gasteiger partial charge in [0.2, 0.25) is 11.9 Å².